The van der Waals surface area contributed by atoms with Crippen LogP contribution in [0.25, 0.3) is 0 Å². The molecule has 5 heteroatoms. The molecule has 40 heavy (non-hydrogen) atoms. The van der Waals surface area contributed by atoms with Crippen LogP contribution in [0.4, 0.5) is 4.79 Å². The lowest BCUT2D eigenvalue weighted by Gasteiger charge is -2.31. The first kappa shape index (κ1) is 35.4. The van der Waals surface area contributed by atoms with E-state index in [1.165, 1.54) is 11.1 Å². The van der Waals surface area contributed by atoms with Gasteiger partial charge in [0.25, 0.3) is 0 Å². The van der Waals surface area contributed by atoms with Crippen molar-refractivity contribution in [1.82, 2.24) is 0 Å². The van der Waals surface area contributed by atoms with E-state index in [0.29, 0.717) is 11.5 Å². The van der Waals surface area contributed by atoms with E-state index in [1.807, 2.05) is 0 Å². The quantitative estimate of drug-likeness (QED) is 0.116. The summed E-state index contributed by atoms with van der Waals surface area (Å²) in [6, 6.07) is 8.92. The third-order valence-corrected chi connectivity index (χ3v) is 8.62. The van der Waals surface area contributed by atoms with E-state index in [-0.39, 0.29) is 21.7 Å². The smallest absolute Gasteiger partial charge is 0.394 e. The molecule has 0 atom stereocenters. The number of benzene rings is 2. The molecule has 0 unspecified atom stereocenters. The predicted octanol–water partition coefficient (Wildman–Crippen LogP) is 11.2. The minimum absolute atomic E-state index is 0.205. The lowest BCUT2D eigenvalue weighted by atomic mass is 9.78. The van der Waals surface area contributed by atoms with E-state index < -0.39 is 6.16 Å². The van der Waals surface area contributed by atoms with Crippen LogP contribution in [0.1, 0.15) is 129 Å². The number of hydrogen-bond acceptors (Lipinski definition) is 3. The molecular weight excluding hydrogens is 722 g/mol. The molecular formula is C35H52I2O3. The monoisotopic (exact) mass is 774 g/mol. The van der Waals surface area contributed by atoms with Crippen LogP contribution in [-0.4, -0.2) is 15.0 Å². The van der Waals surface area contributed by atoms with Gasteiger partial charge in [-0.2, -0.15) is 0 Å². The van der Waals surface area contributed by atoms with Gasteiger partial charge < -0.3 is 9.47 Å². The second kappa shape index (κ2) is 13.6. The Hall–Kier alpha value is -0.830. The predicted molar refractivity (Wildman–Crippen MR) is 189 cm³/mol. The number of halogens is 2. The molecule has 2 rings (SSSR count). The summed E-state index contributed by atoms with van der Waals surface area (Å²) < 4.78 is 14.7. The number of rotatable bonds is 8. The number of ether oxygens (including phenoxy) is 2. The number of carbonyl (C=O) groups is 1. The summed E-state index contributed by atoms with van der Waals surface area (Å²) >= 11 is 4.87. The van der Waals surface area contributed by atoms with Crippen LogP contribution in [-0.2, 0) is 34.5 Å². The molecule has 0 amide bonds. The summed E-state index contributed by atoms with van der Waals surface area (Å²) in [6.07, 6.45) is 3.58. The second-order valence-corrected chi connectivity index (χ2v) is 17.2. The maximum absolute atomic E-state index is 13.8. The van der Waals surface area contributed by atoms with Gasteiger partial charge in [0.05, 0.1) is 0 Å². The van der Waals surface area contributed by atoms with Gasteiger partial charge in [0, 0.05) is 22.3 Å². The topological polar surface area (TPSA) is 35.5 Å². The van der Waals surface area contributed by atoms with Gasteiger partial charge in [0.1, 0.15) is 11.5 Å². The van der Waals surface area contributed by atoms with E-state index >= 15 is 0 Å². The molecule has 0 aliphatic heterocycles. The van der Waals surface area contributed by atoms with Crippen molar-refractivity contribution in [2.45, 2.75) is 130 Å². The summed E-state index contributed by atoms with van der Waals surface area (Å²) in [5.74, 6) is 1.27. The number of aryl methyl sites for hydroxylation is 2. The molecule has 0 spiro atoms. The first-order valence-corrected chi connectivity index (χ1v) is 17.6. The summed E-state index contributed by atoms with van der Waals surface area (Å²) in [5.41, 5.74) is 5.93. The van der Waals surface area contributed by atoms with Crippen LogP contribution in [0.5, 0.6) is 11.5 Å². The van der Waals surface area contributed by atoms with Crippen LogP contribution in [0, 0.1) is 0 Å². The Morgan fingerprint density at radius 3 is 1.00 bits per heavy atom. The van der Waals surface area contributed by atoms with Crippen molar-refractivity contribution in [2.75, 3.05) is 8.86 Å². The third-order valence-electron chi connectivity index (χ3n) is 7.10. The molecule has 0 saturated carbocycles. The van der Waals surface area contributed by atoms with Crippen molar-refractivity contribution in [2.24, 2.45) is 0 Å². The summed E-state index contributed by atoms with van der Waals surface area (Å²) in [6.45, 7) is 26.2. The Bertz CT molecular complexity index is 1010. The molecule has 0 N–H and O–H groups in total. The maximum atomic E-state index is 13.8. The zero-order chi connectivity index (χ0) is 30.7. The van der Waals surface area contributed by atoms with Gasteiger partial charge in [-0.25, -0.2) is 4.79 Å². The van der Waals surface area contributed by atoms with Crippen molar-refractivity contribution in [3.63, 3.8) is 0 Å². The van der Waals surface area contributed by atoms with Crippen molar-refractivity contribution in [1.29, 1.82) is 0 Å². The average molecular weight is 775 g/mol. The zero-order valence-corrected chi connectivity index (χ0v) is 31.3. The van der Waals surface area contributed by atoms with Gasteiger partial charge in [0.15, 0.2) is 0 Å². The van der Waals surface area contributed by atoms with E-state index in [1.54, 1.807) is 0 Å². The van der Waals surface area contributed by atoms with Crippen LogP contribution >= 0.6 is 45.2 Å². The Morgan fingerprint density at radius 1 is 0.550 bits per heavy atom. The first-order chi connectivity index (χ1) is 18.2. The molecule has 0 aliphatic carbocycles. The van der Waals surface area contributed by atoms with Crippen molar-refractivity contribution in [3.05, 3.63) is 57.6 Å². The average Bonchev–Trinajstić information content (AvgIpc) is 2.79. The van der Waals surface area contributed by atoms with Crippen LogP contribution in [0.15, 0.2) is 24.3 Å². The highest BCUT2D eigenvalue weighted by Crippen LogP contribution is 2.43. The van der Waals surface area contributed by atoms with Gasteiger partial charge in [-0.05, 0) is 67.3 Å². The molecule has 0 radical (unpaired) electrons. The lowest BCUT2D eigenvalue weighted by molar-refractivity contribution is 0.148. The van der Waals surface area contributed by atoms with E-state index in [9.17, 15) is 4.79 Å². The Kier molecular flexibility index (Phi) is 12.1. The van der Waals surface area contributed by atoms with Crippen molar-refractivity contribution < 1.29 is 14.3 Å². The summed E-state index contributed by atoms with van der Waals surface area (Å²) in [4.78, 5) is 13.8. The standard InChI is InChI=1S/C35H52I2O3/c1-32(2,3)25-19-23(15-13-17-36)20-26(33(4,5)6)29(25)39-31(38)40-30-27(34(7,8)9)21-24(16-14-18-37)22-28(30)35(10,11)12/h19-22H,13-18H2,1-12H3. The molecule has 224 valence electrons. The molecule has 0 heterocycles. The minimum atomic E-state index is -0.674. The molecule has 0 aromatic heterocycles. The van der Waals surface area contributed by atoms with Crippen LogP contribution < -0.4 is 9.47 Å². The Labute approximate surface area is 272 Å². The van der Waals surface area contributed by atoms with Crippen molar-refractivity contribution in [3.8, 4) is 11.5 Å². The molecule has 2 aromatic carbocycles. The molecule has 0 bridgehead atoms. The van der Waals surface area contributed by atoms with Crippen molar-refractivity contribution >= 4 is 51.3 Å². The molecule has 3 nitrogen and oxygen atoms in total. The fourth-order valence-corrected chi connectivity index (χ4v) is 5.61. The number of hydrogen-bond donors (Lipinski definition) is 0. The fourth-order valence-electron chi connectivity index (χ4n) is 4.84. The van der Waals surface area contributed by atoms with E-state index in [4.69, 9.17) is 9.47 Å². The second-order valence-electron chi connectivity index (χ2n) is 15.1. The summed E-state index contributed by atoms with van der Waals surface area (Å²) in [5, 5.41) is 0. The summed E-state index contributed by atoms with van der Waals surface area (Å²) in [7, 11) is 0. The lowest BCUT2D eigenvalue weighted by Crippen LogP contribution is -2.26. The molecule has 0 aliphatic rings. The molecule has 2 aromatic rings. The SMILES string of the molecule is CC(C)(C)c1cc(CCCI)cc(C(C)(C)C)c1OC(=O)Oc1c(C(C)(C)C)cc(CCCI)cc1C(C)(C)C. The van der Waals surface area contributed by atoms with Gasteiger partial charge in [-0.1, -0.05) is 153 Å². The minimum Gasteiger partial charge on any atom is -0.394 e. The van der Waals surface area contributed by atoms with Crippen LogP contribution in [0.2, 0.25) is 0 Å². The van der Waals surface area contributed by atoms with Gasteiger partial charge in [0.2, 0.25) is 0 Å². The highest BCUT2D eigenvalue weighted by atomic mass is 127. The van der Waals surface area contributed by atoms with Gasteiger partial charge in [-0.3, -0.25) is 0 Å². The largest absolute Gasteiger partial charge is 0.519 e. The highest BCUT2D eigenvalue weighted by Gasteiger charge is 2.33. The molecule has 0 saturated heterocycles. The number of alkyl halides is 2. The third kappa shape index (κ3) is 9.60. The zero-order valence-electron chi connectivity index (χ0n) is 27.0. The van der Waals surface area contributed by atoms with Gasteiger partial charge in [-0.15, -0.1) is 0 Å². The highest BCUT2D eigenvalue weighted by molar-refractivity contribution is 14.1. The first-order valence-electron chi connectivity index (χ1n) is 14.6. The van der Waals surface area contributed by atoms with Crippen LogP contribution in [0.3, 0.4) is 0 Å². The van der Waals surface area contributed by atoms with E-state index in [0.717, 1.165) is 56.8 Å². The fraction of sp³-hybridized carbons (Fsp3) is 0.629. The maximum Gasteiger partial charge on any atom is 0.519 e. The number of carbonyl (C=O) groups excluding carboxylic acids is 1. The van der Waals surface area contributed by atoms with Gasteiger partial charge >= 0.3 is 6.16 Å². The molecule has 0 fully saturated rings. The Morgan fingerprint density at radius 2 is 0.800 bits per heavy atom. The normalized spacial score (nSPS) is 12.9. The Balaban J connectivity index is 2.69. The van der Waals surface area contributed by atoms with E-state index in [2.05, 4.69) is 153 Å².